The van der Waals surface area contributed by atoms with Gasteiger partial charge in [0.2, 0.25) is 10.0 Å². The van der Waals surface area contributed by atoms with Crippen LogP contribution in [-0.2, 0) is 30.8 Å². The summed E-state index contributed by atoms with van der Waals surface area (Å²) in [6.07, 6.45) is -0.960. The average molecular weight is 419 g/mol. The second-order valence-corrected chi connectivity index (χ2v) is 9.18. The lowest BCUT2D eigenvalue weighted by atomic mass is 10.0. The van der Waals surface area contributed by atoms with Gasteiger partial charge in [-0.3, -0.25) is 9.59 Å². The van der Waals surface area contributed by atoms with Crippen molar-refractivity contribution in [3.8, 4) is 0 Å². The van der Waals surface area contributed by atoms with E-state index in [1.165, 1.54) is 39.2 Å². The summed E-state index contributed by atoms with van der Waals surface area (Å²) in [7, 11) is -0.763. The Morgan fingerprint density at radius 2 is 1.76 bits per heavy atom. The molecule has 0 spiro atoms. The van der Waals surface area contributed by atoms with Crippen LogP contribution in [0.3, 0.4) is 0 Å². The van der Waals surface area contributed by atoms with E-state index in [0.29, 0.717) is 5.69 Å². The third-order valence-corrected chi connectivity index (χ3v) is 6.29. The number of aryl methyl sites for hydroxylation is 2. The SMILES string of the molecule is Cc1ccc(CC(=O)O[C@H](C)C(=O)Nc2cccc(S(=O)(=O)N(C)C)c2)cc1C. The van der Waals surface area contributed by atoms with E-state index in [-0.39, 0.29) is 11.3 Å². The van der Waals surface area contributed by atoms with E-state index < -0.39 is 28.0 Å². The van der Waals surface area contributed by atoms with Crippen LogP contribution in [0.2, 0.25) is 0 Å². The van der Waals surface area contributed by atoms with E-state index in [0.717, 1.165) is 21.0 Å². The minimum Gasteiger partial charge on any atom is -0.452 e. The number of carbonyl (C=O) groups is 2. The van der Waals surface area contributed by atoms with Crippen molar-refractivity contribution in [2.45, 2.75) is 38.2 Å². The predicted octanol–water partition coefficient (Wildman–Crippen LogP) is 2.67. The molecule has 0 fully saturated rings. The summed E-state index contributed by atoms with van der Waals surface area (Å²) in [6.45, 7) is 5.42. The molecule has 1 amide bonds. The largest absolute Gasteiger partial charge is 0.452 e. The summed E-state index contributed by atoms with van der Waals surface area (Å²) >= 11 is 0. The monoisotopic (exact) mass is 418 g/mol. The molecule has 0 aliphatic rings. The summed E-state index contributed by atoms with van der Waals surface area (Å²) in [4.78, 5) is 24.6. The first-order chi connectivity index (χ1) is 13.5. The van der Waals surface area contributed by atoms with Crippen molar-refractivity contribution in [2.75, 3.05) is 19.4 Å². The fraction of sp³-hybridized carbons (Fsp3) is 0.333. The highest BCUT2D eigenvalue weighted by atomic mass is 32.2. The molecule has 1 N–H and O–H groups in total. The van der Waals surface area contributed by atoms with Gasteiger partial charge in [0.1, 0.15) is 0 Å². The molecule has 0 aliphatic heterocycles. The van der Waals surface area contributed by atoms with Gasteiger partial charge in [-0.05, 0) is 55.7 Å². The Balaban J connectivity index is 2.00. The van der Waals surface area contributed by atoms with Crippen molar-refractivity contribution in [1.82, 2.24) is 4.31 Å². The molecule has 7 nitrogen and oxygen atoms in total. The zero-order chi connectivity index (χ0) is 21.8. The third kappa shape index (κ3) is 5.88. The number of nitrogens with zero attached hydrogens (tertiary/aromatic N) is 1. The topological polar surface area (TPSA) is 92.8 Å². The second kappa shape index (κ2) is 9.19. The van der Waals surface area contributed by atoms with Crippen LogP contribution in [0.1, 0.15) is 23.6 Å². The Hall–Kier alpha value is -2.71. The highest BCUT2D eigenvalue weighted by molar-refractivity contribution is 7.89. The predicted molar refractivity (Wildman–Crippen MR) is 111 cm³/mol. The number of rotatable bonds is 7. The van der Waals surface area contributed by atoms with Gasteiger partial charge in [-0.2, -0.15) is 0 Å². The number of amides is 1. The molecule has 0 radical (unpaired) electrons. The van der Waals surface area contributed by atoms with Crippen molar-refractivity contribution in [2.24, 2.45) is 0 Å². The summed E-state index contributed by atoms with van der Waals surface area (Å²) in [5, 5.41) is 2.58. The van der Waals surface area contributed by atoms with Crippen molar-refractivity contribution < 1.29 is 22.7 Å². The maximum absolute atomic E-state index is 12.3. The molecule has 1 atom stereocenters. The number of anilines is 1. The maximum Gasteiger partial charge on any atom is 0.311 e. The van der Waals surface area contributed by atoms with Gasteiger partial charge in [-0.15, -0.1) is 0 Å². The number of hydrogen-bond donors (Lipinski definition) is 1. The van der Waals surface area contributed by atoms with Crippen LogP contribution in [-0.4, -0.2) is 44.8 Å². The van der Waals surface area contributed by atoms with Gasteiger partial charge in [0.05, 0.1) is 11.3 Å². The zero-order valence-corrected chi connectivity index (χ0v) is 18.0. The highest BCUT2D eigenvalue weighted by Crippen LogP contribution is 2.18. The molecule has 0 saturated carbocycles. The Bertz CT molecular complexity index is 1020. The van der Waals surface area contributed by atoms with Crippen molar-refractivity contribution in [1.29, 1.82) is 0 Å². The van der Waals surface area contributed by atoms with Crippen LogP contribution < -0.4 is 5.32 Å². The molecule has 0 heterocycles. The molecular weight excluding hydrogens is 392 g/mol. The van der Waals surface area contributed by atoms with Gasteiger partial charge in [0.15, 0.2) is 6.10 Å². The fourth-order valence-corrected chi connectivity index (χ4v) is 3.51. The van der Waals surface area contributed by atoms with Gasteiger partial charge in [-0.1, -0.05) is 24.3 Å². The molecule has 0 aliphatic carbocycles. The van der Waals surface area contributed by atoms with Gasteiger partial charge in [-0.25, -0.2) is 12.7 Å². The smallest absolute Gasteiger partial charge is 0.311 e. The first-order valence-electron chi connectivity index (χ1n) is 9.10. The number of hydrogen-bond acceptors (Lipinski definition) is 5. The van der Waals surface area contributed by atoms with Crippen LogP contribution >= 0.6 is 0 Å². The van der Waals surface area contributed by atoms with E-state index >= 15 is 0 Å². The summed E-state index contributed by atoms with van der Waals surface area (Å²) in [5.41, 5.74) is 3.32. The molecule has 8 heteroatoms. The normalized spacial score (nSPS) is 12.5. The van der Waals surface area contributed by atoms with Crippen molar-refractivity contribution >= 4 is 27.6 Å². The summed E-state index contributed by atoms with van der Waals surface area (Å²) in [5.74, 6) is -1.06. The number of esters is 1. The summed E-state index contributed by atoms with van der Waals surface area (Å²) < 4.78 is 30.7. The minimum absolute atomic E-state index is 0.0553. The Labute approximate surface area is 171 Å². The zero-order valence-electron chi connectivity index (χ0n) is 17.2. The molecule has 29 heavy (non-hydrogen) atoms. The van der Waals surface area contributed by atoms with Crippen LogP contribution in [0.25, 0.3) is 0 Å². The minimum atomic E-state index is -3.62. The molecule has 0 aromatic heterocycles. The van der Waals surface area contributed by atoms with E-state index in [1.807, 2.05) is 32.0 Å². The molecule has 0 saturated heterocycles. The van der Waals surface area contributed by atoms with Crippen LogP contribution in [0, 0.1) is 13.8 Å². The molecule has 0 bridgehead atoms. The van der Waals surface area contributed by atoms with E-state index in [9.17, 15) is 18.0 Å². The number of ether oxygens (including phenoxy) is 1. The average Bonchev–Trinajstić information content (AvgIpc) is 2.64. The second-order valence-electron chi connectivity index (χ2n) is 7.03. The number of benzene rings is 2. The van der Waals surface area contributed by atoms with E-state index in [2.05, 4.69) is 5.32 Å². The van der Waals surface area contributed by atoms with Gasteiger partial charge in [0.25, 0.3) is 5.91 Å². The van der Waals surface area contributed by atoms with Gasteiger partial charge < -0.3 is 10.1 Å². The molecule has 2 aromatic rings. The lowest BCUT2D eigenvalue weighted by Crippen LogP contribution is -2.30. The van der Waals surface area contributed by atoms with Crippen molar-refractivity contribution in [3.05, 3.63) is 59.2 Å². The van der Waals surface area contributed by atoms with E-state index in [4.69, 9.17) is 4.74 Å². The number of carbonyl (C=O) groups excluding carboxylic acids is 2. The first-order valence-corrected chi connectivity index (χ1v) is 10.5. The molecule has 2 rings (SSSR count). The van der Waals surface area contributed by atoms with Crippen LogP contribution in [0.15, 0.2) is 47.4 Å². The Morgan fingerprint density at radius 3 is 2.38 bits per heavy atom. The Morgan fingerprint density at radius 1 is 1.07 bits per heavy atom. The standard InChI is InChI=1S/C21H26N2O5S/c1-14-9-10-17(11-15(14)2)12-20(24)28-16(3)21(25)22-18-7-6-8-19(13-18)29(26,27)23(4)5/h6-11,13,16H,12H2,1-5H3,(H,22,25)/t16-/m1/s1. The molecular formula is C21H26N2O5S. The molecule has 156 valence electrons. The first kappa shape index (κ1) is 22.6. The highest BCUT2D eigenvalue weighted by Gasteiger charge is 2.20. The lowest BCUT2D eigenvalue weighted by molar-refractivity contribution is -0.152. The summed E-state index contributed by atoms with van der Waals surface area (Å²) in [6, 6.07) is 11.6. The lowest BCUT2D eigenvalue weighted by Gasteiger charge is -2.15. The van der Waals surface area contributed by atoms with Crippen LogP contribution in [0.4, 0.5) is 5.69 Å². The quantitative estimate of drug-likeness (QED) is 0.698. The van der Waals surface area contributed by atoms with Gasteiger partial charge >= 0.3 is 5.97 Å². The van der Waals surface area contributed by atoms with E-state index in [1.54, 1.807) is 6.07 Å². The number of nitrogens with one attached hydrogen (secondary N) is 1. The third-order valence-electron chi connectivity index (χ3n) is 4.48. The molecule has 0 unspecified atom stereocenters. The maximum atomic E-state index is 12.3. The van der Waals surface area contributed by atoms with Crippen molar-refractivity contribution in [3.63, 3.8) is 0 Å². The van der Waals surface area contributed by atoms with Crippen LogP contribution in [0.5, 0.6) is 0 Å². The fourth-order valence-electron chi connectivity index (χ4n) is 2.56. The Kier molecular flexibility index (Phi) is 7.16. The molecule has 2 aromatic carbocycles. The number of sulfonamides is 1. The van der Waals surface area contributed by atoms with Gasteiger partial charge in [0, 0.05) is 19.8 Å².